The third kappa shape index (κ3) is 2.30. The molecule has 0 radical (unpaired) electrons. The maximum atomic E-state index is 3.55. The molecule has 1 N–H and O–H groups in total. The molecule has 1 aliphatic rings. The molecule has 1 aliphatic carbocycles. The van der Waals surface area contributed by atoms with Crippen LogP contribution in [0.3, 0.4) is 0 Å². The van der Waals surface area contributed by atoms with Crippen molar-refractivity contribution in [1.82, 2.24) is 5.32 Å². The van der Waals surface area contributed by atoms with Gasteiger partial charge in [0, 0.05) is 6.04 Å². The Morgan fingerprint density at radius 3 is 2.50 bits per heavy atom. The highest BCUT2D eigenvalue weighted by Gasteiger charge is 2.29. The van der Waals surface area contributed by atoms with E-state index in [2.05, 4.69) is 19.2 Å². The van der Waals surface area contributed by atoms with E-state index in [4.69, 9.17) is 0 Å². The van der Waals surface area contributed by atoms with Gasteiger partial charge in [-0.3, -0.25) is 0 Å². The second-order valence-corrected chi connectivity index (χ2v) is 3.29. The molecule has 0 aromatic heterocycles. The summed E-state index contributed by atoms with van der Waals surface area (Å²) in [6.45, 7) is 5.61. The molecule has 10 heavy (non-hydrogen) atoms. The first kappa shape index (κ1) is 8.06. The van der Waals surface area contributed by atoms with Crippen LogP contribution in [0.2, 0.25) is 0 Å². The first-order chi connectivity index (χ1) is 4.88. The number of hydrogen-bond acceptors (Lipinski definition) is 1. The third-order valence-corrected chi connectivity index (χ3v) is 2.26. The first-order valence-corrected chi connectivity index (χ1v) is 4.61. The van der Waals surface area contributed by atoms with Crippen molar-refractivity contribution in [3.63, 3.8) is 0 Å². The van der Waals surface area contributed by atoms with E-state index in [0.29, 0.717) is 0 Å². The molecule has 0 aromatic carbocycles. The van der Waals surface area contributed by atoms with Crippen molar-refractivity contribution in [2.24, 2.45) is 5.92 Å². The van der Waals surface area contributed by atoms with E-state index >= 15 is 0 Å². The highest BCUT2D eigenvalue weighted by Crippen LogP contribution is 2.34. The van der Waals surface area contributed by atoms with Crippen LogP contribution < -0.4 is 5.32 Å². The van der Waals surface area contributed by atoms with Crippen molar-refractivity contribution in [3.8, 4) is 0 Å². The number of rotatable bonds is 5. The van der Waals surface area contributed by atoms with Crippen molar-refractivity contribution < 1.29 is 0 Å². The van der Waals surface area contributed by atoms with Gasteiger partial charge in [0.05, 0.1) is 0 Å². The van der Waals surface area contributed by atoms with Crippen LogP contribution in [0.5, 0.6) is 0 Å². The topological polar surface area (TPSA) is 12.0 Å². The molecule has 1 heteroatoms. The van der Waals surface area contributed by atoms with Gasteiger partial charge in [0.1, 0.15) is 0 Å². The van der Waals surface area contributed by atoms with Crippen LogP contribution in [-0.2, 0) is 0 Å². The minimum atomic E-state index is 0.843. The Balaban J connectivity index is 2.13. The Bertz CT molecular complexity index is 80.7. The third-order valence-electron chi connectivity index (χ3n) is 2.26. The molecule has 0 heterocycles. The van der Waals surface area contributed by atoms with Crippen LogP contribution in [-0.4, -0.2) is 12.6 Å². The Morgan fingerprint density at radius 1 is 1.40 bits per heavy atom. The average molecular weight is 141 g/mol. The molecular formula is C9H19N. The second kappa shape index (κ2) is 3.97. The van der Waals surface area contributed by atoms with E-state index in [1.54, 1.807) is 0 Å². The van der Waals surface area contributed by atoms with E-state index in [-0.39, 0.29) is 0 Å². The quantitative estimate of drug-likeness (QED) is 0.618. The summed E-state index contributed by atoms with van der Waals surface area (Å²) in [7, 11) is 0. The summed E-state index contributed by atoms with van der Waals surface area (Å²) in [5.74, 6) is 1.03. The van der Waals surface area contributed by atoms with E-state index in [0.717, 1.165) is 18.5 Å². The molecule has 1 fully saturated rings. The minimum absolute atomic E-state index is 0.843. The lowest BCUT2D eigenvalue weighted by atomic mass is 10.1. The van der Waals surface area contributed by atoms with Gasteiger partial charge in [0.25, 0.3) is 0 Å². The largest absolute Gasteiger partial charge is 0.314 e. The molecule has 0 saturated heterocycles. The lowest BCUT2D eigenvalue weighted by molar-refractivity contribution is 0.442. The van der Waals surface area contributed by atoms with Crippen molar-refractivity contribution in [2.45, 2.75) is 45.6 Å². The summed E-state index contributed by atoms with van der Waals surface area (Å²) in [5, 5.41) is 3.55. The summed E-state index contributed by atoms with van der Waals surface area (Å²) >= 11 is 0. The molecule has 1 rings (SSSR count). The van der Waals surface area contributed by atoms with Crippen molar-refractivity contribution in [2.75, 3.05) is 6.54 Å². The molecule has 0 aliphatic heterocycles. The van der Waals surface area contributed by atoms with E-state index in [1.807, 2.05) is 0 Å². The van der Waals surface area contributed by atoms with Gasteiger partial charge in [0.2, 0.25) is 0 Å². The van der Waals surface area contributed by atoms with Gasteiger partial charge in [-0.1, -0.05) is 20.3 Å². The molecule has 0 amide bonds. The zero-order valence-electron chi connectivity index (χ0n) is 7.19. The smallest absolute Gasteiger partial charge is 0.00951 e. The lowest BCUT2D eigenvalue weighted by Crippen LogP contribution is -2.30. The fourth-order valence-corrected chi connectivity index (χ4v) is 1.58. The number of hydrogen-bond donors (Lipinski definition) is 1. The SMILES string of the molecule is CCCC(NCC)C1CC1. The highest BCUT2D eigenvalue weighted by atomic mass is 14.9. The molecule has 0 aromatic rings. The molecule has 1 unspecified atom stereocenters. The van der Waals surface area contributed by atoms with Gasteiger partial charge < -0.3 is 5.32 Å². The summed E-state index contributed by atoms with van der Waals surface area (Å²) in [4.78, 5) is 0. The normalized spacial score (nSPS) is 21.0. The Labute approximate surface area is 64.2 Å². The maximum Gasteiger partial charge on any atom is 0.00951 e. The fourth-order valence-electron chi connectivity index (χ4n) is 1.58. The molecule has 1 nitrogen and oxygen atoms in total. The minimum Gasteiger partial charge on any atom is -0.314 e. The predicted octanol–water partition coefficient (Wildman–Crippen LogP) is 2.17. The summed E-state index contributed by atoms with van der Waals surface area (Å²) in [6.07, 6.45) is 5.64. The summed E-state index contributed by atoms with van der Waals surface area (Å²) in [6, 6.07) is 0.843. The van der Waals surface area contributed by atoms with Gasteiger partial charge in [-0.25, -0.2) is 0 Å². The molecular weight excluding hydrogens is 122 g/mol. The van der Waals surface area contributed by atoms with Gasteiger partial charge in [0.15, 0.2) is 0 Å². The van der Waals surface area contributed by atoms with Crippen molar-refractivity contribution in [3.05, 3.63) is 0 Å². The molecule has 60 valence electrons. The second-order valence-electron chi connectivity index (χ2n) is 3.29. The van der Waals surface area contributed by atoms with Gasteiger partial charge in [-0.05, 0) is 31.7 Å². The van der Waals surface area contributed by atoms with Crippen molar-refractivity contribution >= 4 is 0 Å². The van der Waals surface area contributed by atoms with Crippen LogP contribution in [0.1, 0.15) is 39.5 Å². The molecule has 0 spiro atoms. The average Bonchev–Trinajstić information content (AvgIpc) is 2.69. The molecule has 1 saturated carbocycles. The van der Waals surface area contributed by atoms with E-state index in [1.165, 1.54) is 25.7 Å². The Hall–Kier alpha value is -0.0400. The lowest BCUT2D eigenvalue weighted by Gasteiger charge is -2.15. The predicted molar refractivity (Wildman–Crippen MR) is 45.1 cm³/mol. The van der Waals surface area contributed by atoms with Gasteiger partial charge in [-0.15, -0.1) is 0 Å². The zero-order chi connectivity index (χ0) is 7.40. The van der Waals surface area contributed by atoms with Crippen LogP contribution in [0, 0.1) is 5.92 Å². The Morgan fingerprint density at radius 2 is 2.10 bits per heavy atom. The van der Waals surface area contributed by atoms with E-state index in [9.17, 15) is 0 Å². The summed E-state index contributed by atoms with van der Waals surface area (Å²) in [5.41, 5.74) is 0. The monoisotopic (exact) mass is 141 g/mol. The summed E-state index contributed by atoms with van der Waals surface area (Å²) < 4.78 is 0. The fraction of sp³-hybridized carbons (Fsp3) is 1.00. The maximum absolute atomic E-state index is 3.55. The van der Waals surface area contributed by atoms with Crippen molar-refractivity contribution in [1.29, 1.82) is 0 Å². The van der Waals surface area contributed by atoms with Gasteiger partial charge >= 0.3 is 0 Å². The standard InChI is InChI=1S/C9H19N/c1-3-5-9(10-4-2)8-6-7-8/h8-10H,3-7H2,1-2H3. The van der Waals surface area contributed by atoms with Crippen LogP contribution >= 0.6 is 0 Å². The zero-order valence-corrected chi connectivity index (χ0v) is 7.19. The van der Waals surface area contributed by atoms with E-state index < -0.39 is 0 Å². The highest BCUT2D eigenvalue weighted by molar-refractivity contribution is 4.85. The molecule has 1 atom stereocenters. The van der Waals surface area contributed by atoms with Crippen LogP contribution in [0.15, 0.2) is 0 Å². The molecule has 0 bridgehead atoms. The Kier molecular flexibility index (Phi) is 3.20. The first-order valence-electron chi connectivity index (χ1n) is 4.61. The van der Waals surface area contributed by atoms with Crippen LogP contribution in [0.25, 0.3) is 0 Å². The van der Waals surface area contributed by atoms with Gasteiger partial charge in [-0.2, -0.15) is 0 Å². The van der Waals surface area contributed by atoms with Crippen LogP contribution in [0.4, 0.5) is 0 Å². The number of nitrogens with one attached hydrogen (secondary N) is 1.